The molecule has 0 saturated heterocycles. The normalized spacial score (nSPS) is 13.2. The number of ether oxygens (including phenoxy) is 3. The third-order valence-electron chi connectivity index (χ3n) is 8.42. The van der Waals surface area contributed by atoms with Crippen LogP contribution in [0.25, 0.3) is 10.9 Å². The summed E-state index contributed by atoms with van der Waals surface area (Å²) in [5.41, 5.74) is 2.86. The molecule has 2 atom stereocenters. The van der Waals surface area contributed by atoms with Crippen LogP contribution in [0, 0.1) is 6.92 Å². The molecule has 0 aliphatic rings. The molecule has 0 aliphatic heterocycles. The lowest BCUT2D eigenvalue weighted by Gasteiger charge is -2.26. The number of phosphoric acid groups is 1. The monoisotopic (exact) mass is 677 g/mol. The summed E-state index contributed by atoms with van der Waals surface area (Å²) in [6, 6.07) is 24.8. The van der Waals surface area contributed by atoms with Crippen molar-refractivity contribution in [3.63, 3.8) is 0 Å². The van der Waals surface area contributed by atoms with Crippen LogP contribution in [0.1, 0.15) is 82.3 Å². The van der Waals surface area contributed by atoms with Gasteiger partial charge in [-0.2, -0.15) is 4.57 Å². The molecule has 9 heteroatoms. The van der Waals surface area contributed by atoms with Gasteiger partial charge in [-0.05, 0) is 49.7 Å². The molecule has 0 bridgehead atoms. The maximum Gasteiger partial charge on any atom is 0.319 e. The van der Waals surface area contributed by atoms with Gasteiger partial charge in [-0.15, -0.1) is 0 Å². The maximum absolute atomic E-state index is 12.8. The second kappa shape index (κ2) is 20.2. The number of nitrogens with zero attached hydrogens (tertiary/aromatic N) is 1. The predicted octanol–water partition coefficient (Wildman–Crippen LogP) is 8.74. The van der Waals surface area contributed by atoms with E-state index in [0.717, 1.165) is 34.2 Å². The lowest BCUT2D eigenvalue weighted by Crippen LogP contribution is -2.34. The summed E-state index contributed by atoms with van der Waals surface area (Å²) in [6.07, 6.45) is 14.2. The van der Waals surface area contributed by atoms with E-state index in [4.69, 9.17) is 23.3 Å². The minimum atomic E-state index is -4.68. The van der Waals surface area contributed by atoms with Gasteiger partial charge >= 0.3 is 7.82 Å². The van der Waals surface area contributed by atoms with E-state index in [1.807, 2.05) is 55.6 Å². The van der Waals surface area contributed by atoms with Crippen LogP contribution in [0.5, 0.6) is 17.2 Å². The highest BCUT2D eigenvalue weighted by molar-refractivity contribution is 7.46. The molecule has 2 unspecified atom stereocenters. The van der Waals surface area contributed by atoms with Crippen LogP contribution in [0.4, 0.5) is 0 Å². The fourth-order valence-corrected chi connectivity index (χ4v) is 6.40. The molecule has 3 aromatic carbocycles. The van der Waals surface area contributed by atoms with Crippen LogP contribution < -0.4 is 23.5 Å². The molecular formula is C39H52NO7P. The van der Waals surface area contributed by atoms with E-state index in [1.54, 1.807) is 18.2 Å². The minimum Gasteiger partial charge on any atom is -0.746 e. The summed E-state index contributed by atoms with van der Waals surface area (Å²) in [5, 5.41) is 1.12. The molecule has 0 saturated carbocycles. The van der Waals surface area contributed by atoms with Gasteiger partial charge in [0.1, 0.15) is 30.0 Å². The van der Waals surface area contributed by atoms with Crippen molar-refractivity contribution in [3.05, 3.63) is 96.2 Å². The van der Waals surface area contributed by atoms with E-state index in [0.29, 0.717) is 18.9 Å². The summed E-state index contributed by atoms with van der Waals surface area (Å²) < 4.78 is 42.9. The molecular weight excluding hydrogens is 625 g/mol. The third kappa shape index (κ3) is 12.6. The Labute approximate surface area is 286 Å². The lowest BCUT2D eigenvalue weighted by molar-refractivity contribution is -0.662. The topological polar surface area (TPSA) is 90.2 Å². The van der Waals surface area contributed by atoms with Gasteiger partial charge in [0.05, 0.1) is 13.2 Å². The van der Waals surface area contributed by atoms with Crippen LogP contribution in [-0.4, -0.2) is 33.0 Å². The molecule has 0 fully saturated rings. The van der Waals surface area contributed by atoms with Gasteiger partial charge in [-0.1, -0.05) is 95.0 Å². The number of phosphoric ester groups is 1. The van der Waals surface area contributed by atoms with Crippen molar-refractivity contribution in [1.82, 2.24) is 0 Å². The van der Waals surface area contributed by atoms with E-state index in [1.165, 1.54) is 64.9 Å². The molecule has 0 N–H and O–H groups in total. The molecule has 4 aromatic rings. The van der Waals surface area contributed by atoms with Crippen LogP contribution in [0.2, 0.25) is 0 Å². The van der Waals surface area contributed by atoms with Crippen LogP contribution in [-0.2, 0) is 20.4 Å². The van der Waals surface area contributed by atoms with E-state index >= 15 is 0 Å². The Morgan fingerprint density at radius 1 is 0.771 bits per heavy atom. The summed E-state index contributed by atoms with van der Waals surface area (Å²) >= 11 is 0. The Morgan fingerprint density at radius 2 is 1.44 bits per heavy atom. The zero-order valence-electron chi connectivity index (χ0n) is 28.8. The highest BCUT2D eigenvalue weighted by atomic mass is 31.2. The van der Waals surface area contributed by atoms with Gasteiger partial charge in [-0.25, -0.2) is 0 Å². The molecule has 0 radical (unpaired) electrons. The molecule has 8 nitrogen and oxygen atoms in total. The largest absolute Gasteiger partial charge is 0.746 e. The molecule has 260 valence electrons. The van der Waals surface area contributed by atoms with E-state index < -0.39 is 13.9 Å². The predicted molar refractivity (Wildman–Crippen MR) is 189 cm³/mol. The number of fused-ring (bicyclic) bond motifs is 1. The first kappa shape index (κ1) is 37.4. The van der Waals surface area contributed by atoms with Crippen molar-refractivity contribution in [2.75, 3.05) is 26.9 Å². The Kier molecular flexibility index (Phi) is 15.7. The number of aromatic nitrogens is 1. The smallest absolute Gasteiger partial charge is 0.319 e. The SMILES string of the molecule is CCCCCCCCCCCCOc1cccc(OCC(COP(=O)([O-])Oc2cccc(C[n+]3cccc4ccccc43)c2)OC)c1C. The Balaban J connectivity index is 1.19. The van der Waals surface area contributed by atoms with Gasteiger partial charge < -0.3 is 28.2 Å². The van der Waals surface area contributed by atoms with E-state index in [-0.39, 0.29) is 19.0 Å². The van der Waals surface area contributed by atoms with E-state index in [9.17, 15) is 9.46 Å². The van der Waals surface area contributed by atoms with Gasteiger partial charge in [-0.3, -0.25) is 4.57 Å². The number of unbranched alkanes of at least 4 members (excludes halogenated alkanes) is 9. The highest BCUT2D eigenvalue weighted by Gasteiger charge is 2.18. The van der Waals surface area contributed by atoms with Crippen LogP contribution in [0.15, 0.2) is 85.1 Å². The Morgan fingerprint density at radius 3 is 2.19 bits per heavy atom. The van der Waals surface area contributed by atoms with Crippen molar-refractivity contribution < 1.29 is 37.3 Å². The maximum atomic E-state index is 12.8. The molecule has 1 aromatic heterocycles. The number of benzene rings is 3. The van der Waals surface area contributed by atoms with Crippen LogP contribution >= 0.6 is 7.82 Å². The summed E-state index contributed by atoms with van der Waals surface area (Å²) in [5.74, 6) is 1.62. The number of hydrogen-bond acceptors (Lipinski definition) is 7. The van der Waals surface area contributed by atoms with Gasteiger partial charge in [0.25, 0.3) is 0 Å². The zero-order valence-corrected chi connectivity index (χ0v) is 29.7. The van der Waals surface area contributed by atoms with Crippen molar-refractivity contribution in [2.24, 2.45) is 0 Å². The summed E-state index contributed by atoms with van der Waals surface area (Å²) in [6.45, 7) is 5.27. The number of methoxy groups -OCH3 is 1. The second-order valence-electron chi connectivity index (χ2n) is 12.3. The minimum absolute atomic E-state index is 0.0942. The van der Waals surface area contributed by atoms with Gasteiger partial charge in [0, 0.05) is 35.8 Å². The van der Waals surface area contributed by atoms with Gasteiger partial charge in [0.15, 0.2) is 12.7 Å². The van der Waals surface area contributed by atoms with E-state index in [2.05, 4.69) is 29.7 Å². The quantitative estimate of drug-likeness (QED) is 0.0441. The first-order chi connectivity index (χ1) is 23.4. The molecule has 0 amide bonds. The first-order valence-electron chi connectivity index (χ1n) is 17.4. The van der Waals surface area contributed by atoms with Crippen molar-refractivity contribution in [2.45, 2.75) is 90.7 Å². The van der Waals surface area contributed by atoms with Crippen molar-refractivity contribution in [3.8, 4) is 17.2 Å². The first-order valence-corrected chi connectivity index (χ1v) is 18.8. The van der Waals surface area contributed by atoms with Gasteiger partial charge in [0.2, 0.25) is 5.52 Å². The molecule has 0 spiro atoms. The zero-order chi connectivity index (χ0) is 34.0. The molecule has 48 heavy (non-hydrogen) atoms. The number of para-hydroxylation sites is 1. The number of hydrogen-bond donors (Lipinski definition) is 0. The standard InChI is InChI=1S/C39H52NO7P/c1-4-5-6-7-8-9-10-11-12-15-27-44-38-24-17-25-39(32(38)2)45-30-36(43-3)31-46-48(41,42)47-35-22-16-19-33(28-35)29-40-26-18-21-34-20-13-14-23-37(34)40/h13-14,16-26,28,36H,4-12,15,27,29-31H2,1-3H3. The summed E-state index contributed by atoms with van der Waals surface area (Å²) in [7, 11) is -3.19. The second-order valence-corrected chi connectivity index (χ2v) is 13.6. The highest BCUT2D eigenvalue weighted by Crippen LogP contribution is 2.40. The van der Waals surface area contributed by atoms with Crippen molar-refractivity contribution in [1.29, 1.82) is 0 Å². The number of rotatable bonds is 23. The average Bonchev–Trinajstić information content (AvgIpc) is 3.08. The molecule has 0 aliphatic carbocycles. The third-order valence-corrected chi connectivity index (χ3v) is 9.32. The summed E-state index contributed by atoms with van der Waals surface area (Å²) in [4.78, 5) is 12.8. The lowest BCUT2D eigenvalue weighted by atomic mass is 10.1. The molecule has 1 heterocycles. The fourth-order valence-electron chi connectivity index (χ4n) is 5.63. The molecule has 4 rings (SSSR count). The number of pyridine rings is 1. The fraction of sp³-hybridized carbons (Fsp3) is 0.462. The van der Waals surface area contributed by atoms with Crippen molar-refractivity contribution >= 4 is 18.7 Å². The Hall–Kier alpha value is -3.42. The Bertz CT molecular complexity index is 1570. The van der Waals surface area contributed by atoms with Crippen LogP contribution in [0.3, 0.4) is 0 Å². The average molecular weight is 678 g/mol.